The molecule has 2 N–H and O–H groups in total. The highest BCUT2D eigenvalue weighted by Gasteiger charge is 2.27. The molecule has 0 atom stereocenters. The third-order valence-corrected chi connectivity index (χ3v) is 3.92. The Balaban J connectivity index is 1.80. The summed E-state index contributed by atoms with van der Waals surface area (Å²) in [5, 5.41) is 4.00. The van der Waals surface area contributed by atoms with Crippen molar-refractivity contribution in [2.75, 3.05) is 5.73 Å². The SMILES string of the molecule is Cc1nc(-c2ccc(-c3ccc(N)cn3)c(C3CC3)c2)no1. The summed E-state index contributed by atoms with van der Waals surface area (Å²) in [4.78, 5) is 8.76. The Morgan fingerprint density at radius 2 is 2.05 bits per heavy atom. The second-order valence-electron chi connectivity index (χ2n) is 5.69. The number of aryl methyl sites for hydroxylation is 1. The van der Waals surface area contributed by atoms with E-state index >= 15 is 0 Å². The van der Waals surface area contributed by atoms with Crippen molar-refractivity contribution >= 4 is 5.69 Å². The van der Waals surface area contributed by atoms with Gasteiger partial charge in [-0.1, -0.05) is 17.3 Å². The first-order valence-corrected chi connectivity index (χ1v) is 7.37. The second kappa shape index (κ2) is 4.94. The first-order valence-electron chi connectivity index (χ1n) is 7.37. The normalized spacial score (nSPS) is 14.2. The summed E-state index contributed by atoms with van der Waals surface area (Å²) in [6.45, 7) is 1.80. The van der Waals surface area contributed by atoms with Crippen molar-refractivity contribution in [1.82, 2.24) is 15.1 Å². The number of nitrogens with zero attached hydrogens (tertiary/aromatic N) is 3. The molecule has 1 fully saturated rings. The molecule has 1 aromatic carbocycles. The van der Waals surface area contributed by atoms with Crippen LogP contribution in [0.4, 0.5) is 5.69 Å². The van der Waals surface area contributed by atoms with Crippen LogP contribution in [0, 0.1) is 6.92 Å². The van der Waals surface area contributed by atoms with E-state index in [1.807, 2.05) is 18.2 Å². The van der Waals surface area contributed by atoms with E-state index in [0.29, 0.717) is 23.3 Å². The van der Waals surface area contributed by atoms with Crippen molar-refractivity contribution in [3.05, 3.63) is 48.0 Å². The van der Waals surface area contributed by atoms with Crippen LogP contribution in [0.25, 0.3) is 22.6 Å². The summed E-state index contributed by atoms with van der Waals surface area (Å²) < 4.78 is 5.08. The Hall–Kier alpha value is -2.69. The van der Waals surface area contributed by atoms with Gasteiger partial charge < -0.3 is 10.3 Å². The van der Waals surface area contributed by atoms with Crippen LogP contribution < -0.4 is 5.73 Å². The fraction of sp³-hybridized carbons (Fsp3) is 0.235. The van der Waals surface area contributed by atoms with E-state index in [4.69, 9.17) is 10.3 Å². The number of nitrogen functional groups attached to an aromatic ring is 1. The summed E-state index contributed by atoms with van der Waals surface area (Å²) >= 11 is 0. The average Bonchev–Trinajstić information content (AvgIpc) is 3.29. The van der Waals surface area contributed by atoms with E-state index in [9.17, 15) is 0 Å². The van der Waals surface area contributed by atoms with Crippen molar-refractivity contribution in [2.24, 2.45) is 0 Å². The molecular formula is C17H16N4O. The average molecular weight is 292 g/mol. The highest BCUT2D eigenvalue weighted by Crippen LogP contribution is 2.45. The molecular weight excluding hydrogens is 276 g/mol. The fourth-order valence-corrected chi connectivity index (χ4v) is 2.65. The molecule has 0 saturated heterocycles. The third-order valence-electron chi connectivity index (χ3n) is 3.92. The van der Waals surface area contributed by atoms with Gasteiger partial charge in [0.25, 0.3) is 0 Å². The van der Waals surface area contributed by atoms with Gasteiger partial charge in [0.05, 0.1) is 17.6 Å². The van der Waals surface area contributed by atoms with E-state index in [1.165, 1.54) is 18.4 Å². The lowest BCUT2D eigenvalue weighted by Crippen LogP contribution is -1.93. The van der Waals surface area contributed by atoms with Gasteiger partial charge in [0.2, 0.25) is 11.7 Å². The molecule has 3 aromatic rings. The molecule has 2 heterocycles. The number of rotatable bonds is 3. The number of pyridine rings is 1. The Morgan fingerprint density at radius 1 is 1.18 bits per heavy atom. The zero-order valence-electron chi connectivity index (χ0n) is 12.3. The van der Waals surface area contributed by atoms with Crippen molar-refractivity contribution in [2.45, 2.75) is 25.7 Å². The maximum Gasteiger partial charge on any atom is 0.223 e. The second-order valence-corrected chi connectivity index (χ2v) is 5.69. The van der Waals surface area contributed by atoms with Gasteiger partial charge in [-0.3, -0.25) is 4.98 Å². The van der Waals surface area contributed by atoms with Gasteiger partial charge in [0.1, 0.15) is 0 Å². The zero-order valence-corrected chi connectivity index (χ0v) is 12.3. The van der Waals surface area contributed by atoms with Crippen molar-refractivity contribution in [3.8, 4) is 22.6 Å². The summed E-state index contributed by atoms with van der Waals surface area (Å²) in [5.41, 5.74) is 10.8. The largest absolute Gasteiger partial charge is 0.397 e. The Labute approximate surface area is 128 Å². The lowest BCUT2D eigenvalue weighted by Gasteiger charge is -2.10. The van der Waals surface area contributed by atoms with E-state index in [2.05, 4.69) is 27.3 Å². The van der Waals surface area contributed by atoms with Crippen LogP contribution in [0.15, 0.2) is 41.1 Å². The van der Waals surface area contributed by atoms with Crippen LogP contribution in [-0.4, -0.2) is 15.1 Å². The molecule has 2 aromatic heterocycles. The molecule has 22 heavy (non-hydrogen) atoms. The van der Waals surface area contributed by atoms with Gasteiger partial charge in [-0.25, -0.2) is 0 Å². The monoisotopic (exact) mass is 292 g/mol. The van der Waals surface area contributed by atoms with Gasteiger partial charge in [0, 0.05) is 18.1 Å². The van der Waals surface area contributed by atoms with Crippen LogP contribution >= 0.6 is 0 Å². The Morgan fingerprint density at radius 3 is 2.68 bits per heavy atom. The van der Waals surface area contributed by atoms with Crippen LogP contribution in [0.1, 0.15) is 30.2 Å². The van der Waals surface area contributed by atoms with Crippen LogP contribution in [0.5, 0.6) is 0 Å². The van der Waals surface area contributed by atoms with Gasteiger partial charge in [-0.15, -0.1) is 0 Å². The molecule has 1 saturated carbocycles. The number of hydrogen-bond acceptors (Lipinski definition) is 5. The number of benzene rings is 1. The predicted molar refractivity (Wildman–Crippen MR) is 84.1 cm³/mol. The van der Waals surface area contributed by atoms with E-state index in [0.717, 1.165) is 16.8 Å². The maximum absolute atomic E-state index is 5.73. The summed E-state index contributed by atoms with van der Waals surface area (Å²) in [5.74, 6) is 1.81. The summed E-state index contributed by atoms with van der Waals surface area (Å²) in [6, 6.07) is 10.1. The standard InChI is InChI=1S/C17H16N4O/c1-10-20-17(21-22-10)12-4-6-14(15(8-12)11-2-3-11)16-7-5-13(18)9-19-16/h4-9,11H,2-3,18H2,1H3. The Bertz CT molecular complexity index is 819. The highest BCUT2D eigenvalue weighted by atomic mass is 16.5. The minimum atomic E-state index is 0.576. The topological polar surface area (TPSA) is 77.8 Å². The smallest absolute Gasteiger partial charge is 0.223 e. The molecule has 1 aliphatic rings. The van der Waals surface area contributed by atoms with Crippen molar-refractivity contribution in [1.29, 1.82) is 0 Å². The minimum Gasteiger partial charge on any atom is -0.397 e. The maximum atomic E-state index is 5.73. The summed E-state index contributed by atoms with van der Waals surface area (Å²) in [6.07, 6.45) is 4.13. The first kappa shape index (κ1) is 13.0. The van der Waals surface area contributed by atoms with Crippen LogP contribution in [0.3, 0.4) is 0 Å². The first-order chi connectivity index (χ1) is 10.7. The van der Waals surface area contributed by atoms with Gasteiger partial charge >= 0.3 is 0 Å². The molecule has 0 aliphatic heterocycles. The van der Waals surface area contributed by atoms with Crippen LogP contribution in [0.2, 0.25) is 0 Å². The fourth-order valence-electron chi connectivity index (χ4n) is 2.65. The number of nitrogens with two attached hydrogens (primary N) is 1. The predicted octanol–water partition coefficient (Wildman–Crippen LogP) is 3.57. The van der Waals surface area contributed by atoms with Gasteiger partial charge in [0.15, 0.2) is 0 Å². The molecule has 0 amide bonds. The molecule has 4 rings (SSSR count). The van der Waals surface area contributed by atoms with Crippen molar-refractivity contribution in [3.63, 3.8) is 0 Å². The number of anilines is 1. The molecule has 5 nitrogen and oxygen atoms in total. The number of hydrogen-bond donors (Lipinski definition) is 1. The molecule has 110 valence electrons. The van der Waals surface area contributed by atoms with E-state index in [-0.39, 0.29) is 0 Å². The Kier molecular flexibility index (Phi) is 2.92. The number of aromatic nitrogens is 3. The lowest BCUT2D eigenvalue weighted by atomic mass is 9.97. The molecule has 0 bridgehead atoms. The molecule has 5 heteroatoms. The molecule has 0 spiro atoms. The van der Waals surface area contributed by atoms with Gasteiger partial charge in [-0.2, -0.15) is 4.98 Å². The minimum absolute atomic E-state index is 0.576. The van der Waals surface area contributed by atoms with Gasteiger partial charge in [-0.05, 0) is 42.5 Å². The highest BCUT2D eigenvalue weighted by molar-refractivity contribution is 5.71. The summed E-state index contributed by atoms with van der Waals surface area (Å²) in [7, 11) is 0. The third kappa shape index (κ3) is 2.35. The zero-order chi connectivity index (χ0) is 15.1. The van der Waals surface area contributed by atoms with Crippen molar-refractivity contribution < 1.29 is 4.52 Å². The van der Waals surface area contributed by atoms with Crippen LogP contribution in [-0.2, 0) is 0 Å². The molecule has 0 radical (unpaired) electrons. The molecule has 0 unspecified atom stereocenters. The van der Waals surface area contributed by atoms with E-state index in [1.54, 1.807) is 13.1 Å². The van der Waals surface area contributed by atoms with E-state index < -0.39 is 0 Å². The lowest BCUT2D eigenvalue weighted by molar-refractivity contribution is 0.394. The quantitative estimate of drug-likeness (QED) is 0.798. The molecule has 1 aliphatic carbocycles.